The van der Waals surface area contributed by atoms with E-state index < -0.39 is 48.9 Å². The molecule has 1 saturated heterocycles. The molecule has 2 heterocycles. The average molecular weight is 406 g/mol. The number of carbonyl (C=O) groups excluding carboxylic acids is 3. The van der Waals surface area contributed by atoms with Crippen LogP contribution in [0, 0.1) is 0 Å². The monoisotopic (exact) mass is 406 g/mol. The SMILES string of the molecule is O=C(O)CC(NC(=O)[C@@H]1CCCCN1C(=O)C1Cc2ccccc2O1)C(=O)CF. The van der Waals surface area contributed by atoms with Gasteiger partial charge in [-0.05, 0) is 30.9 Å². The number of alkyl halides is 1. The van der Waals surface area contributed by atoms with E-state index in [9.17, 15) is 23.6 Å². The lowest BCUT2D eigenvalue weighted by atomic mass is 9.98. The number of para-hydroxylation sites is 1. The number of likely N-dealkylation sites (tertiary alicyclic amines) is 1. The first-order chi connectivity index (χ1) is 13.9. The van der Waals surface area contributed by atoms with Crippen LogP contribution in [0.3, 0.4) is 0 Å². The first kappa shape index (κ1) is 20.8. The number of Topliss-reactive ketones (excluding diaryl/α,β-unsaturated/α-hetero) is 1. The highest BCUT2D eigenvalue weighted by Crippen LogP contribution is 2.30. The molecule has 3 atom stereocenters. The number of fused-ring (bicyclic) bond motifs is 1. The van der Waals surface area contributed by atoms with E-state index in [0.717, 1.165) is 12.0 Å². The molecule has 156 valence electrons. The summed E-state index contributed by atoms with van der Waals surface area (Å²) in [5, 5.41) is 11.2. The molecule has 2 amide bonds. The molecule has 0 radical (unpaired) electrons. The molecule has 0 aliphatic carbocycles. The van der Waals surface area contributed by atoms with Crippen LogP contribution in [0.4, 0.5) is 4.39 Å². The number of rotatable bonds is 7. The molecule has 0 bridgehead atoms. The van der Waals surface area contributed by atoms with Crippen molar-refractivity contribution in [3.05, 3.63) is 29.8 Å². The second-order valence-corrected chi connectivity index (χ2v) is 7.22. The standard InChI is InChI=1S/C20H23FN2O6/c21-11-15(24)13(10-18(25)26)22-19(27)14-6-3-4-8-23(14)20(28)17-9-12-5-1-2-7-16(12)29-17/h1-2,5,7,13-14,17H,3-4,6,8-11H2,(H,22,27)(H,25,26)/t13?,14-,17?/m0/s1. The van der Waals surface area contributed by atoms with Crippen molar-refractivity contribution in [1.82, 2.24) is 10.2 Å². The van der Waals surface area contributed by atoms with Gasteiger partial charge in [0.1, 0.15) is 24.5 Å². The molecule has 2 unspecified atom stereocenters. The van der Waals surface area contributed by atoms with Crippen LogP contribution < -0.4 is 10.1 Å². The molecule has 0 spiro atoms. The smallest absolute Gasteiger partial charge is 0.305 e. The lowest BCUT2D eigenvalue weighted by Crippen LogP contribution is -2.57. The Kier molecular flexibility index (Phi) is 6.46. The summed E-state index contributed by atoms with van der Waals surface area (Å²) in [6, 6.07) is 5.01. The van der Waals surface area contributed by atoms with E-state index in [0.29, 0.717) is 31.6 Å². The number of ketones is 1. The summed E-state index contributed by atoms with van der Waals surface area (Å²) in [6.07, 6.45) is 0.757. The number of hydrogen-bond donors (Lipinski definition) is 2. The molecule has 2 aliphatic heterocycles. The lowest BCUT2D eigenvalue weighted by Gasteiger charge is -2.36. The number of benzene rings is 1. The van der Waals surface area contributed by atoms with Crippen LogP contribution in [0.5, 0.6) is 5.75 Å². The molecule has 1 fully saturated rings. The highest BCUT2D eigenvalue weighted by molar-refractivity contribution is 5.95. The number of amides is 2. The minimum atomic E-state index is -1.46. The Morgan fingerprint density at radius 1 is 1.24 bits per heavy atom. The van der Waals surface area contributed by atoms with E-state index in [1.165, 1.54) is 4.90 Å². The van der Waals surface area contributed by atoms with E-state index in [4.69, 9.17) is 9.84 Å². The molecular formula is C20H23FN2O6. The Morgan fingerprint density at radius 3 is 2.69 bits per heavy atom. The highest BCUT2D eigenvalue weighted by Gasteiger charge is 2.39. The summed E-state index contributed by atoms with van der Waals surface area (Å²) < 4.78 is 18.5. The average Bonchev–Trinajstić information content (AvgIpc) is 3.16. The molecule has 2 N–H and O–H groups in total. The van der Waals surface area contributed by atoms with Crippen LogP contribution in [-0.4, -0.2) is 65.0 Å². The van der Waals surface area contributed by atoms with E-state index >= 15 is 0 Å². The van der Waals surface area contributed by atoms with Crippen LogP contribution >= 0.6 is 0 Å². The van der Waals surface area contributed by atoms with E-state index in [1.54, 1.807) is 6.07 Å². The summed E-state index contributed by atoms with van der Waals surface area (Å²) in [6.45, 7) is -1.02. The zero-order valence-corrected chi connectivity index (χ0v) is 15.8. The number of nitrogens with one attached hydrogen (secondary N) is 1. The minimum Gasteiger partial charge on any atom is -0.481 e. The van der Waals surface area contributed by atoms with Crippen molar-refractivity contribution < 1.29 is 33.4 Å². The molecule has 0 saturated carbocycles. The molecule has 1 aromatic rings. The number of hydrogen-bond acceptors (Lipinski definition) is 5. The van der Waals surface area contributed by atoms with Crippen LogP contribution in [0.2, 0.25) is 0 Å². The zero-order chi connectivity index (χ0) is 21.0. The molecular weight excluding hydrogens is 383 g/mol. The zero-order valence-electron chi connectivity index (χ0n) is 15.8. The minimum absolute atomic E-state index is 0.326. The molecule has 8 nitrogen and oxygen atoms in total. The third-order valence-electron chi connectivity index (χ3n) is 5.23. The van der Waals surface area contributed by atoms with Crippen molar-refractivity contribution in [3.63, 3.8) is 0 Å². The first-order valence-corrected chi connectivity index (χ1v) is 9.56. The van der Waals surface area contributed by atoms with Crippen molar-refractivity contribution in [2.24, 2.45) is 0 Å². The number of carboxylic acid groups (broad SMARTS) is 1. The van der Waals surface area contributed by atoms with Gasteiger partial charge in [0.25, 0.3) is 5.91 Å². The maximum atomic E-state index is 13.0. The number of ether oxygens (including phenoxy) is 1. The Balaban J connectivity index is 1.70. The number of piperidine rings is 1. The third-order valence-corrected chi connectivity index (χ3v) is 5.23. The van der Waals surface area contributed by atoms with Gasteiger partial charge in [-0.3, -0.25) is 19.2 Å². The van der Waals surface area contributed by atoms with Crippen molar-refractivity contribution in [2.45, 2.75) is 50.3 Å². The summed E-state index contributed by atoms with van der Waals surface area (Å²) in [5.74, 6) is -2.68. The largest absolute Gasteiger partial charge is 0.481 e. The van der Waals surface area contributed by atoms with Gasteiger partial charge in [0.15, 0.2) is 11.9 Å². The molecule has 9 heteroatoms. The topological polar surface area (TPSA) is 113 Å². The lowest BCUT2D eigenvalue weighted by molar-refractivity contribution is -0.148. The van der Waals surface area contributed by atoms with E-state index in [1.807, 2.05) is 18.2 Å². The summed E-state index contributed by atoms with van der Waals surface area (Å²) in [4.78, 5) is 49.8. The number of carboxylic acids is 1. The van der Waals surface area contributed by atoms with E-state index in [2.05, 4.69) is 5.32 Å². The normalized spacial score (nSPS) is 21.6. The summed E-state index contributed by atoms with van der Waals surface area (Å²) in [7, 11) is 0. The molecule has 2 aliphatic rings. The molecule has 29 heavy (non-hydrogen) atoms. The van der Waals surface area contributed by atoms with Gasteiger partial charge in [-0.25, -0.2) is 4.39 Å². The number of aliphatic carboxylic acids is 1. The second kappa shape index (κ2) is 9.02. The fourth-order valence-corrected chi connectivity index (χ4v) is 3.75. The van der Waals surface area contributed by atoms with Gasteiger partial charge in [-0.2, -0.15) is 0 Å². The predicted molar refractivity (Wildman–Crippen MR) is 99.1 cm³/mol. The third kappa shape index (κ3) is 4.72. The fourth-order valence-electron chi connectivity index (χ4n) is 3.75. The van der Waals surface area contributed by atoms with Crippen LogP contribution in [0.15, 0.2) is 24.3 Å². The maximum Gasteiger partial charge on any atom is 0.305 e. The van der Waals surface area contributed by atoms with Gasteiger partial charge in [-0.15, -0.1) is 0 Å². The van der Waals surface area contributed by atoms with Crippen molar-refractivity contribution in [1.29, 1.82) is 0 Å². The van der Waals surface area contributed by atoms with Gasteiger partial charge in [-0.1, -0.05) is 18.2 Å². The van der Waals surface area contributed by atoms with Gasteiger partial charge in [0.2, 0.25) is 5.91 Å². The summed E-state index contributed by atoms with van der Waals surface area (Å²) in [5.41, 5.74) is 0.916. The Bertz CT molecular complexity index is 789. The maximum absolute atomic E-state index is 13.0. The Morgan fingerprint density at radius 2 is 2.00 bits per heavy atom. The molecule has 0 aromatic heterocycles. The number of carbonyl (C=O) groups is 4. The van der Waals surface area contributed by atoms with E-state index in [-0.39, 0.29) is 5.91 Å². The quantitative estimate of drug-likeness (QED) is 0.695. The number of nitrogens with zero attached hydrogens (tertiary/aromatic N) is 1. The van der Waals surface area contributed by atoms with Crippen LogP contribution in [-0.2, 0) is 25.6 Å². The second-order valence-electron chi connectivity index (χ2n) is 7.22. The number of halogens is 1. The van der Waals surface area contributed by atoms with Crippen LogP contribution in [0.25, 0.3) is 0 Å². The first-order valence-electron chi connectivity index (χ1n) is 9.56. The van der Waals surface area contributed by atoms with Gasteiger partial charge >= 0.3 is 5.97 Å². The van der Waals surface area contributed by atoms with Crippen LogP contribution in [0.1, 0.15) is 31.2 Å². The molecule has 3 rings (SSSR count). The fraction of sp³-hybridized carbons (Fsp3) is 0.500. The van der Waals surface area contributed by atoms with Gasteiger partial charge < -0.3 is 20.1 Å². The van der Waals surface area contributed by atoms with Crippen molar-refractivity contribution >= 4 is 23.6 Å². The van der Waals surface area contributed by atoms with Gasteiger partial charge in [0.05, 0.1) is 6.42 Å². The van der Waals surface area contributed by atoms with Crippen molar-refractivity contribution in [3.8, 4) is 5.75 Å². The summed E-state index contributed by atoms with van der Waals surface area (Å²) >= 11 is 0. The highest BCUT2D eigenvalue weighted by atomic mass is 19.1. The van der Waals surface area contributed by atoms with Gasteiger partial charge in [0, 0.05) is 13.0 Å². The van der Waals surface area contributed by atoms with Crippen molar-refractivity contribution in [2.75, 3.05) is 13.2 Å². The predicted octanol–water partition coefficient (Wildman–Crippen LogP) is 0.869. The Labute approximate surface area is 167 Å². The molecule has 1 aromatic carbocycles. The Hall–Kier alpha value is -2.97.